The minimum Gasteiger partial charge on any atom is -0.396 e. The van der Waals surface area contributed by atoms with Gasteiger partial charge in [-0.3, -0.25) is 0 Å². The van der Waals surface area contributed by atoms with Crippen LogP contribution in [0.25, 0.3) is 0 Å². The number of rotatable bonds is 17. The molecule has 214 valence electrons. The van der Waals surface area contributed by atoms with Gasteiger partial charge in [0, 0.05) is 13.2 Å². The van der Waals surface area contributed by atoms with Gasteiger partial charge < -0.3 is 59.8 Å². The molecule has 0 aromatic rings. The van der Waals surface area contributed by atoms with Crippen molar-refractivity contribution in [3.63, 3.8) is 0 Å². The molecular formula is C24H46O12. The van der Waals surface area contributed by atoms with Crippen LogP contribution in [0, 0.1) is 0 Å². The van der Waals surface area contributed by atoms with Gasteiger partial charge in [0.1, 0.15) is 48.8 Å². The molecule has 10 atom stereocenters. The summed E-state index contributed by atoms with van der Waals surface area (Å²) in [6.45, 7) is -0.680. The maximum absolute atomic E-state index is 10.6. The van der Waals surface area contributed by atoms with Crippen LogP contribution in [-0.2, 0) is 18.9 Å². The zero-order valence-electron chi connectivity index (χ0n) is 20.9. The molecule has 0 unspecified atom stereocenters. The van der Waals surface area contributed by atoms with E-state index in [1.54, 1.807) is 0 Å². The van der Waals surface area contributed by atoms with E-state index in [1.165, 1.54) is 19.3 Å². The van der Waals surface area contributed by atoms with Gasteiger partial charge in [-0.2, -0.15) is 0 Å². The first-order chi connectivity index (χ1) is 17.3. The number of ether oxygens (including phenoxy) is 4. The van der Waals surface area contributed by atoms with Crippen LogP contribution in [-0.4, -0.2) is 129 Å². The SMILES string of the molecule is OCCCCCCCCCCCCO[C@H]1O[C@H](CO)[C@@H](O[C@H]2O[C@H](CO)[C@@H](O)[C@H](O)[C@H]2O)[C@H](O)[C@H]1O. The minimum absolute atomic E-state index is 0.265. The topological polar surface area (TPSA) is 199 Å². The molecule has 0 aromatic heterocycles. The van der Waals surface area contributed by atoms with E-state index in [9.17, 15) is 35.7 Å². The van der Waals surface area contributed by atoms with Crippen LogP contribution in [0.2, 0.25) is 0 Å². The molecule has 0 radical (unpaired) electrons. The van der Waals surface area contributed by atoms with Gasteiger partial charge in [-0.1, -0.05) is 51.4 Å². The van der Waals surface area contributed by atoms with Gasteiger partial charge in [-0.25, -0.2) is 0 Å². The van der Waals surface area contributed by atoms with Crippen LogP contribution in [0.15, 0.2) is 0 Å². The van der Waals surface area contributed by atoms with E-state index in [-0.39, 0.29) is 6.61 Å². The summed E-state index contributed by atoms with van der Waals surface area (Å²) in [4.78, 5) is 0. The molecule has 2 saturated heterocycles. The lowest BCUT2D eigenvalue weighted by molar-refractivity contribution is -0.359. The first kappa shape index (κ1) is 31.7. The second kappa shape index (κ2) is 17.2. The lowest BCUT2D eigenvalue weighted by atomic mass is 9.97. The zero-order valence-corrected chi connectivity index (χ0v) is 20.9. The summed E-state index contributed by atoms with van der Waals surface area (Å²) in [5.74, 6) is 0. The summed E-state index contributed by atoms with van der Waals surface area (Å²) < 4.78 is 22.0. The highest BCUT2D eigenvalue weighted by atomic mass is 16.7. The monoisotopic (exact) mass is 526 g/mol. The Morgan fingerprint density at radius 3 is 1.56 bits per heavy atom. The van der Waals surface area contributed by atoms with Crippen molar-refractivity contribution >= 4 is 0 Å². The summed E-state index contributed by atoms with van der Waals surface area (Å²) in [7, 11) is 0. The minimum atomic E-state index is -1.70. The summed E-state index contributed by atoms with van der Waals surface area (Å²) in [6, 6.07) is 0. The van der Waals surface area contributed by atoms with Crippen LogP contribution < -0.4 is 0 Å². The van der Waals surface area contributed by atoms with Crippen molar-refractivity contribution in [2.45, 2.75) is 126 Å². The first-order valence-electron chi connectivity index (χ1n) is 13.2. The molecule has 0 aromatic carbocycles. The Morgan fingerprint density at radius 2 is 1.00 bits per heavy atom. The van der Waals surface area contributed by atoms with Crippen molar-refractivity contribution in [1.82, 2.24) is 0 Å². The number of aliphatic hydroxyl groups is 8. The second-order valence-corrected chi connectivity index (χ2v) is 9.63. The Morgan fingerprint density at radius 1 is 0.500 bits per heavy atom. The van der Waals surface area contributed by atoms with E-state index >= 15 is 0 Å². The number of unbranched alkanes of at least 4 members (excludes halogenated alkanes) is 9. The van der Waals surface area contributed by atoms with Crippen LogP contribution in [0.1, 0.15) is 64.2 Å². The third kappa shape index (κ3) is 9.37. The summed E-state index contributed by atoms with van der Waals surface area (Å²) in [6.07, 6.45) is -3.88. The molecule has 2 aliphatic heterocycles. The van der Waals surface area contributed by atoms with E-state index in [2.05, 4.69) is 0 Å². The van der Waals surface area contributed by atoms with Crippen molar-refractivity contribution < 1.29 is 59.8 Å². The Labute approximate surface area is 212 Å². The quantitative estimate of drug-likeness (QED) is 0.102. The molecule has 2 aliphatic rings. The Balaban J connectivity index is 1.71. The summed E-state index contributed by atoms with van der Waals surface area (Å²) in [5.41, 5.74) is 0. The van der Waals surface area contributed by atoms with Gasteiger partial charge in [-0.05, 0) is 12.8 Å². The fraction of sp³-hybridized carbons (Fsp3) is 1.00. The van der Waals surface area contributed by atoms with Crippen molar-refractivity contribution in [1.29, 1.82) is 0 Å². The van der Waals surface area contributed by atoms with Gasteiger partial charge in [0.25, 0.3) is 0 Å². The first-order valence-corrected chi connectivity index (χ1v) is 13.2. The normalized spacial score (nSPS) is 37.3. The molecule has 0 spiro atoms. The smallest absolute Gasteiger partial charge is 0.187 e. The third-order valence-corrected chi connectivity index (χ3v) is 6.79. The lowest BCUT2D eigenvalue weighted by Gasteiger charge is -2.45. The van der Waals surface area contributed by atoms with Crippen LogP contribution in [0.4, 0.5) is 0 Å². The maximum atomic E-state index is 10.6. The predicted molar refractivity (Wildman–Crippen MR) is 126 cm³/mol. The molecule has 8 N–H and O–H groups in total. The van der Waals surface area contributed by atoms with Gasteiger partial charge >= 0.3 is 0 Å². The molecule has 2 rings (SSSR count). The van der Waals surface area contributed by atoms with E-state index in [0.717, 1.165) is 44.9 Å². The van der Waals surface area contributed by atoms with Crippen molar-refractivity contribution in [2.75, 3.05) is 26.4 Å². The van der Waals surface area contributed by atoms with Crippen molar-refractivity contribution in [2.24, 2.45) is 0 Å². The number of hydrogen-bond acceptors (Lipinski definition) is 12. The molecule has 36 heavy (non-hydrogen) atoms. The zero-order chi connectivity index (χ0) is 26.5. The molecule has 0 aliphatic carbocycles. The van der Waals surface area contributed by atoms with Crippen molar-refractivity contribution in [3.05, 3.63) is 0 Å². The molecule has 12 nitrogen and oxygen atoms in total. The van der Waals surface area contributed by atoms with Gasteiger partial charge in [0.05, 0.1) is 13.2 Å². The lowest BCUT2D eigenvalue weighted by Crippen LogP contribution is -2.64. The van der Waals surface area contributed by atoms with Crippen LogP contribution in [0.5, 0.6) is 0 Å². The fourth-order valence-corrected chi connectivity index (χ4v) is 4.52. The van der Waals surface area contributed by atoms with Gasteiger partial charge in [-0.15, -0.1) is 0 Å². The molecule has 2 heterocycles. The average molecular weight is 527 g/mol. The van der Waals surface area contributed by atoms with E-state index < -0.39 is 74.6 Å². The van der Waals surface area contributed by atoms with Crippen LogP contribution in [0.3, 0.4) is 0 Å². The Bertz CT molecular complexity index is 565. The third-order valence-electron chi connectivity index (χ3n) is 6.79. The molecular weight excluding hydrogens is 480 g/mol. The molecule has 12 heteroatoms. The standard InChI is InChI=1S/C24H46O12/c25-11-9-7-5-3-1-2-4-6-8-10-12-33-23-21(32)19(30)22(16(14-27)35-23)36-24-20(31)18(29)17(28)15(13-26)34-24/h15-32H,1-14H2/t15-,16-,17-,18+,19-,20-,21-,22-,23+,24-/m1/s1. The highest BCUT2D eigenvalue weighted by molar-refractivity contribution is 4.94. The molecule has 0 amide bonds. The van der Waals surface area contributed by atoms with Crippen LogP contribution >= 0.6 is 0 Å². The Kier molecular flexibility index (Phi) is 15.1. The van der Waals surface area contributed by atoms with Crippen molar-refractivity contribution in [3.8, 4) is 0 Å². The Hall–Kier alpha value is -0.480. The van der Waals surface area contributed by atoms with Gasteiger partial charge in [0.15, 0.2) is 12.6 Å². The molecule has 0 bridgehead atoms. The number of aliphatic hydroxyl groups excluding tert-OH is 8. The summed E-state index contributed by atoms with van der Waals surface area (Å²) in [5, 5.41) is 78.9. The molecule has 0 saturated carbocycles. The predicted octanol–water partition coefficient (Wildman–Crippen LogP) is -1.48. The van der Waals surface area contributed by atoms with E-state index in [4.69, 9.17) is 24.1 Å². The maximum Gasteiger partial charge on any atom is 0.187 e. The fourth-order valence-electron chi connectivity index (χ4n) is 4.52. The number of hydrogen-bond donors (Lipinski definition) is 8. The average Bonchev–Trinajstić information content (AvgIpc) is 2.88. The highest BCUT2D eigenvalue weighted by Gasteiger charge is 2.50. The van der Waals surface area contributed by atoms with E-state index in [1.807, 2.05) is 0 Å². The second-order valence-electron chi connectivity index (χ2n) is 9.63. The molecule has 2 fully saturated rings. The largest absolute Gasteiger partial charge is 0.396 e. The highest BCUT2D eigenvalue weighted by Crippen LogP contribution is 2.29. The van der Waals surface area contributed by atoms with E-state index in [0.29, 0.717) is 6.61 Å². The summed E-state index contributed by atoms with van der Waals surface area (Å²) >= 11 is 0. The van der Waals surface area contributed by atoms with Gasteiger partial charge in [0.2, 0.25) is 0 Å².